The fourth-order valence-corrected chi connectivity index (χ4v) is 2.88. The lowest BCUT2D eigenvalue weighted by molar-refractivity contribution is -0.00738. The average Bonchev–Trinajstić information content (AvgIpc) is 2.48. The predicted octanol–water partition coefficient (Wildman–Crippen LogP) is 3.96. The minimum atomic E-state index is -0.233. The molecule has 0 aromatic heterocycles. The van der Waals surface area contributed by atoms with Crippen LogP contribution >= 0.6 is 11.6 Å². The molecule has 1 aromatic carbocycles. The zero-order chi connectivity index (χ0) is 14.4. The predicted molar refractivity (Wildman–Crippen MR) is 80.8 cm³/mol. The van der Waals surface area contributed by atoms with Gasteiger partial charge in [-0.1, -0.05) is 18.5 Å². The van der Waals surface area contributed by atoms with E-state index in [1.54, 1.807) is 6.07 Å². The highest BCUT2D eigenvalue weighted by Crippen LogP contribution is 2.23. The smallest absolute Gasteiger partial charge is 0.123 e. The van der Waals surface area contributed by atoms with Gasteiger partial charge < -0.3 is 10.1 Å². The molecule has 2 unspecified atom stereocenters. The maximum atomic E-state index is 13.4. The Morgan fingerprint density at radius 1 is 1.45 bits per heavy atom. The second kappa shape index (κ2) is 7.96. The number of nitrogens with one attached hydrogen (secondary N) is 1. The van der Waals surface area contributed by atoms with Crippen molar-refractivity contribution in [3.05, 3.63) is 34.6 Å². The van der Waals surface area contributed by atoms with Gasteiger partial charge in [-0.15, -0.1) is 0 Å². The summed E-state index contributed by atoms with van der Waals surface area (Å²) in [6.07, 6.45) is 5.38. The molecule has 1 aromatic rings. The molecule has 0 amide bonds. The first kappa shape index (κ1) is 15.7. The summed E-state index contributed by atoms with van der Waals surface area (Å²) in [7, 11) is 0. The number of hydrogen-bond acceptors (Lipinski definition) is 2. The van der Waals surface area contributed by atoms with Gasteiger partial charge in [0.1, 0.15) is 5.82 Å². The van der Waals surface area contributed by atoms with E-state index >= 15 is 0 Å². The van der Waals surface area contributed by atoms with Crippen molar-refractivity contribution in [1.29, 1.82) is 0 Å². The molecular weight excluding hydrogens is 277 g/mol. The average molecular weight is 300 g/mol. The van der Waals surface area contributed by atoms with Crippen molar-refractivity contribution >= 4 is 11.6 Å². The van der Waals surface area contributed by atoms with Gasteiger partial charge in [-0.05, 0) is 62.4 Å². The Kier molecular flexibility index (Phi) is 6.27. The Bertz CT molecular complexity index is 421. The summed E-state index contributed by atoms with van der Waals surface area (Å²) in [5.74, 6) is -0.233. The van der Waals surface area contributed by atoms with Crippen LogP contribution in [0.3, 0.4) is 0 Å². The molecule has 0 bridgehead atoms. The van der Waals surface area contributed by atoms with Crippen LogP contribution in [0.2, 0.25) is 5.02 Å². The van der Waals surface area contributed by atoms with Crippen LogP contribution in [0.1, 0.15) is 38.2 Å². The molecule has 1 N–H and O–H groups in total. The molecule has 0 spiro atoms. The van der Waals surface area contributed by atoms with Crippen LogP contribution in [0, 0.1) is 5.82 Å². The number of hydrogen-bond donors (Lipinski definition) is 1. The van der Waals surface area contributed by atoms with Crippen molar-refractivity contribution in [2.45, 2.75) is 51.2 Å². The third-order valence-corrected chi connectivity index (χ3v) is 4.14. The third kappa shape index (κ3) is 4.44. The standard InChI is InChI=1S/C16H23ClFNO/c1-2-8-19-15(16-5-3-4-9-20-16)11-12-10-13(18)6-7-14(12)17/h6-7,10,15-16,19H,2-5,8-9,11H2,1H3. The molecule has 1 heterocycles. The molecule has 0 saturated carbocycles. The van der Waals surface area contributed by atoms with E-state index in [0.29, 0.717) is 11.4 Å². The monoisotopic (exact) mass is 299 g/mol. The van der Waals surface area contributed by atoms with Gasteiger partial charge in [-0.3, -0.25) is 0 Å². The third-order valence-electron chi connectivity index (χ3n) is 3.77. The quantitative estimate of drug-likeness (QED) is 0.858. The van der Waals surface area contributed by atoms with Crippen LogP contribution in [0.25, 0.3) is 0 Å². The van der Waals surface area contributed by atoms with Gasteiger partial charge in [0, 0.05) is 17.7 Å². The number of ether oxygens (including phenoxy) is 1. The minimum Gasteiger partial charge on any atom is -0.377 e. The van der Waals surface area contributed by atoms with Crippen LogP contribution in [-0.4, -0.2) is 25.3 Å². The molecule has 2 rings (SSSR count). The molecule has 4 heteroatoms. The van der Waals surface area contributed by atoms with E-state index in [1.807, 2.05) is 0 Å². The van der Waals surface area contributed by atoms with Gasteiger partial charge in [0.25, 0.3) is 0 Å². The zero-order valence-corrected chi connectivity index (χ0v) is 12.8. The summed E-state index contributed by atoms with van der Waals surface area (Å²) in [6.45, 7) is 3.91. The second-order valence-corrected chi connectivity index (χ2v) is 5.81. The molecule has 0 aliphatic carbocycles. The summed E-state index contributed by atoms with van der Waals surface area (Å²) in [4.78, 5) is 0. The minimum absolute atomic E-state index is 0.203. The molecule has 2 nitrogen and oxygen atoms in total. The Balaban J connectivity index is 2.07. The lowest BCUT2D eigenvalue weighted by Gasteiger charge is -2.31. The Labute approximate surface area is 125 Å². The molecule has 0 radical (unpaired) electrons. The first-order valence-corrected chi connectivity index (χ1v) is 7.87. The summed E-state index contributed by atoms with van der Waals surface area (Å²) < 4.78 is 19.3. The van der Waals surface area contributed by atoms with Gasteiger partial charge in [0.2, 0.25) is 0 Å². The van der Waals surface area contributed by atoms with Crippen LogP contribution in [0.5, 0.6) is 0 Å². The highest BCUT2D eigenvalue weighted by molar-refractivity contribution is 6.31. The molecule has 1 aliphatic rings. The lowest BCUT2D eigenvalue weighted by Crippen LogP contribution is -2.44. The second-order valence-electron chi connectivity index (χ2n) is 5.41. The van der Waals surface area contributed by atoms with E-state index in [2.05, 4.69) is 12.2 Å². The maximum Gasteiger partial charge on any atom is 0.123 e. The van der Waals surface area contributed by atoms with Crippen LogP contribution in [-0.2, 0) is 11.2 Å². The summed E-state index contributed by atoms with van der Waals surface area (Å²) in [6, 6.07) is 4.77. The first-order valence-electron chi connectivity index (χ1n) is 7.49. The number of benzene rings is 1. The Hall–Kier alpha value is -0.640. The molecule has 112 valence electrons. The number of rotatable bonds is 6. The molecular formula is C16H23ClFNO. The van der Waals surface area contributed by atoms with Gasteiger partial charge in [-0.25, -0.2) is 4.39 Å². The lowest BCUT2D eigenvalue weighted by atomic mass is 9.95. The zero-order valence-electron chi connectivity index (χ0n) is 12.0. The topological polar surface area (TPSA) is 21.3 Å². The van der Waals surface area contributed by atoms with Crippen molar-refractivity contribution in [2.24, 2.45) is 0 Å². The van der Waals surface area contributed by atoms with Gasteiger partial charge in [0.15, 0.2) is 0 Å². The Morgan fingerprint density at radius 3 is 3.00 bits per heavy atom. The van der Waals surface area contributed by atoms with E-state index in [9.17, 15) is 4.39 Å². The van der Waals surface area contributed by atoms with Crippen LogP contribution in [0.15, 0.2) is 18.2 Å². The highest BCUT2D eigenvalue weighted by Gasteiger charge is 2.25. The fraction of sp³-hybridized carbons (Fsp3) is 0.625. The molecule has 2 atom stereocenters. The fourth-order valence-electron chi connectivity index (χ4n) is 2.68. The number of halogens is 2. The van der Waals surface area contributed by atoms with Crippen molar-refractivity contribution in [2.75, 3.05) is 13.2 Å². The summed E-state index contributed by atoms with van der Waals surface area (Å²) >= 11 is 6.18. The summed E-state index contributed by atoms with van der Waals surface area (Å²) in [5, 5.41) is 4.16. The highest BCUT2D eigenvalue weighted by atomic mass is 35.5. The van der Waals surface area contributed by atoms with E-state index < -0.39 is 0 Å². The molecule has 1 saturated heterocycles. The molecule has 20 heavy (non-hydrogen) atoms. The van der Waals surface area contributed by atoms with Crippen molar-refractivity contribution < 1.29 is 9.13 Å². The van der Waals surface area contributed by atoms with Crippen molar-refractivity contribution in [3.63, 3.8) is 0 Å². The van der Waals surface area contributed by atoms with E-state index in [-0.39, 0.29) is 18.0 Å². The van der Waals surface area contributed by atoms with E-state index in [0.717, 1.165) is 38.0 Å². The van der Waals surface area contributed by atoms with Crippen molar-refractivity contribution in [3.8, 4) is 0 Å². The van der Waals surface area contributed by atoms with E-state index in [4.69, 9.17) is 16.3 Å². The normalized spacial score (nSPS) is 20.9. The maximum absolute atomic E-state index is 13.4. The van der Waals surface area contributed by atoms with Crippen LogP contribution in [0.4, 0.5) is 4.39 Å². The molecule has 1 fully saturated rings. The Morgan fingerprint density at radius 2 is 2.30 bits per heavy atom. The molecule has 1 aliphatic heterocycles. The van der Waals surface area contributed by atoms with Gasteiger partial charge in [-0.2, -0.15) is 0 Å². The van der Waals surface area contributed by atoms with Gasteiger partial charge in [0.05, 0.1) is 6.10 Å². The van der Waals surface area contributed by atoms with Gasteiger partial charge >= 0.3 is 0 Å². The first-order chi connectivity index (χ1) is 9.70. The summed E-state index contributed by atoms with van der Waals surface area (Å²) in [5.41, 5.74) is 0.856. The SMILES string of the molecule is CCCNC(Cc1cc(F)ccc1Cl)C1CCCCO1. The van der Waals surface area contributed by atoms with Crippen LogP contribution < -0.4 is 5.32 Å². The largest absolute Gasteiger partial charge is 0.377 e. The van der Waals surface area contributed by atoms with E-state index in [1.165, 1.54) is 18.6 Å². The van der Waals surface area contributed by atoms with Crippen molar-refractivity contribution in [1.82, 2.24) is 5.32 Å².